The van der Waals surface area contributed by atoms with Crippen molar-refractivity contribution >= 4 is 48.8 Å². The summed E-state index contributed by atoms with van der Waals surface area (Å²) in [5.74, 6) is 0. The van der Waals surface area contributed by atoms with Crippen molar-refractivity contribution in [2.24, 2.45) is 0 Å². The Morgan fingerprint density at radius 1 is 0.697 bits per heavy atom. The van der Waals surface area contributed by atoms with Gasteiger partial charge in [0, 0.05) is 10.2 Å². The summed E-state index contributed by atoms with van der Waals surface area (Å²) < 4.78 is 0. The predicted molar refractivity (Wildman–Crippen MR) is 148 cm³/mol. The van der Waals surface area contributed by atoms with Gasteiger partial charge in [-0.2, -0.15) is 19.1 Å². The second-order valence-electron chi connectivity index (χ2n) is 6.94. The van der Waals surface area contributed by atoms with Crippen molar-refractivity contribution in [3.63, 3.8) is 0 Å². The van der Waals surface area contributed by atoms with Crippen LogP contribution in [0, 0.1) is 20.8 Å². The first-order valence-corrected chi connectivity index (χ1v) is 18.0. The van der Waals surface area contributed by atoms with Crippen LogP contribution in [-0.2, 0) is 20.8 Å². The van der Waals surface area contributed by atoms with Crippen molar-refractivity contribution in [2.75, 3.05) is 0 Å². The van der Waals surface area contributed by atoms with Crippen LogP contribution in [0.5, 0.6) is 0 Å². The molecular formula is C29H30Cl2SiZr-3. The third-order valence-electron chi connectivity index (χ3n) is 4.74. The number of fused-ring (bicyclic) bond motifs is 2. The Bertz CT molecular complexity index is 1140. The number of benzene rings is 3. The topological polar surface area (TPSA) is 0 Å². The summed E-state index contributed by atoms with van der Waals surface area (Å²) in [6.07, 6.45) is 0. The third kappa shape index (κ3) is 9.38. The van der Waals surface area contributed by atoms with Crippen LogP contribution in [0.25, 0.3) is 32.7 Å². The Hall–Kier alpha value is -1.44. The normalized spacial score (nSPS) is 9.21. The predicted octanol–water partition coefficient (Wildman–Crippen LogP) is 9.82. The average molecular weight is 569 g/mol. The first-order valence-electron chi connectivity index (χ1n) is 10.6. The molecular weight excluding hydrogens is 539 g/mol. The van der Waals surface area contributed by atoms with Gasteiger partial charge in [0.25, 0.3) is 0 Å². The molecule has 0 heterocycles. The molecule has 0 nitrogen and oxygen atoms in total. The molecule has 0 atom stereocenters. The van der Waals surface area contributed by atoms with Gasteiger partial charge in [0.05, 0.1) is 0 Å². The van der Waals surface area contributed by atoms with Gasteiger partial charge in [0.1, 0.15) is 0 Å². The fourth-order valence-electron chi connectivity index (χ4n) is 3.56. The molecule has 0 unspecified atom stereocenters. The van der Waals surface area contributed by atoms with E-state index < -0.39 is 20.8 Å². The van der Waals surface area contributed by atoms with Gasteiger partial charge in [-0.25, -0.2) is 0 Å². The monoisotopic (exact) mass is 566 g/mol. The number of halogens is 2. The van der Waals surface area contributed by atoms with E-state index in [9.17, 15) is 0 Å². The van der Waals surface area contributed by atoms with E-state index in [0.29, 0.717) is 0 Å². The second-order valence-corrected chi connectivity index (χ2v) is 10.7. The quantitative estimate of drug-likeness (QED) is 0.139. The van der Waals surface area contributed by atoms with Crippen molar-refractivity contribution in [1.29, 1.82) is 0 Å². The molecule has 4 heteroatoms. The zero-order valence-corrected chi connectivity index (χ0v) is 24.7. The van der Waals surface area contributed by atoms with Gasteiger partial charge in [-0.05, 0) is 5.56 Å². The molecule has 5 rings (SSSR count). The molecule has 0 saturated carbocycles. The molecule has 33 heavy (non-hydrogen) atoms. The van der Waals surface area contributed by atoms with Crippen molar-refractivity contribution in [1.82, 2.24) is 0 Å². The van der Waals surface area contributed by atoms with Gasteiger partial charge in [-0.3, -0.25) is 0 Å². The number of hydrogen-bond donors (Lipinski definition) is 0. The fourth-order valence-corrected chi connectivity index (χ4v) is 3.56. The van der Waals surface area contributed by atoms with Gasteiger partial charge in [-0.1, -0.05) is 68.4 Å². The first kappa shape index (κ1) is 29.6. The summed E-state index contributed by atoms with van der Waals surface area (Å²) >= 11 is -0.826. The molecule has 0 spiro atoms. The Kier molecular flexibility index (Phi) is 15.3. The van der Waals surface area contributed by atoms with Crippen LogP contribution in [0.2, 0.25) is 6.55 Å². The van der Waals surface area contributed by atoms with Crippen LogP contribution in [0.15, 0.2) is 97.1 Å². The van der Waals surface area contributed by atoms with Gasteiger partial charge >= 0.3 is 37.9 Å². The molecule has 0 bridgehead atoms. The van der Waals surface area contributed by atoms with E-state index in [1.165, 1.54) is 43.8 Å². The van der Waals surface area contributed by atoms with Crippen LogP contribution in [0.4, 0.5) is 0 Å². The Morgan fingerprint density at radius 2 is 1.21 bits per heavy atom. The van der Waals surface area contributed by atoms with Crippen molar-refractivity contribution in [3.05, 3.63) is 115 Å². The Balaban J connectivity index is 0.000000275. The summed E-state index contributed by atoms with van der Waals surface area (Å²) in [5, 5.41) is 5.38. The molecule has 0 fully saturated rings. The van der Waals surface area contributed by atoms with Gasteiger partial charge in [0.15, 0.2) is 0 Å². The molecule has 171 valence electrons. The zero-order valence-electron chi connectivity index (χ0n) is 19.7. The maximum absolute atomic E-state index is 4.93. The summed E-state index contributed by atoms with van der Waals surface area (Å²) in [4.78, 5) is 0. The van der Waals surface area contributed by atoms with Gasteiger partial charge in [0.2, 0.25) is 0 Å². The van der Waals surface area contributed by atoms with E-state index in [2.05, 4.69) is 128 Å². The van der Waals surface area contributed by atoms with E-state index in [0.717, 1.165) is 0 Å². The summed E-state index contributed by atoms with van der Waals surface area (Å²) in [6, 6.07) is 34.4. The molecule has 0 aliphatic carbocycles. The van der Waals surface area contributed by atoms with E-state index in [1.807, 2.05) is 0 Å². The Labute approximate surface area is 221 Å². The van der Waals surface area contributed by atoms with E-state index >= 15 is 0 Å². The van der Waals surface area contributed by atoms with Crippen molar-refractivity contribution < 1.29 is 20.8 Å². The molecule has 5 aromatic carbocycles. The molecule has 0 aromatic heterocycles. The zero-order chi connectivity index (χ0) is 24.6. The second kappa shape index (κ2) is 17.1. The summed E-state index contributed by atoms with van der Waals surface area (Å²) in [7, 11) is 12.8. The molecule has 0 aliphatic heterocycles. The molecule has 0 N–H and O–H groups in total. The van der Waals surface area contributed by atoms with E-state index in [4.69, 9.17) is 17.0 Å². The fraction of sp³-hybridized carbons (Fsp3) is 0.138. The first-order chi connectivity index (χ1) is 16.1. The van der Waals surface area contributed by atoms with Crippen LogP contribution in [-0.4, -0.2) is 10.2 Å². The van der Waals surface area contributed by atoms with Crippen LogP contribution in [0.1, 0.15) is 18.1 Å². The maximum atomic E-state index is 4.93. The molecule has 0 amide bonds. The van der Waals surface area contributed by atoms with Gasteiger partial charge < -0.3 is 6.92 Å². The standard InChI is InChI=1S/C16H13.C10H9.C2H5.CH3Si.2ClH.Zr/c1-12-10-14-8-5-9-15(16(14)11-12)13-6-3-2-4-7-13;1-8-6-9-4-2-3-5-10(9)7-8;2*1-2;;;/h2-11H,1H3;2-7H,1H3;1H2,2H3;1H3;2*1H;/q3*-1;;;;+2/p-2. The Morgan fingerprint density at radius 3 is 1.85 bits per heavy atom. The van der Waals surface area contributed by atoms with Gasteiger partial charge in [-0.15, -0.1) is 75.1 Å². The van der Waals surface area contributed by atoms with Crippen molar-refractivity contribution in [2.45, 2.75) is 27.3 Å². The molecule has 0 saturated heterocycles. The molecule has 0 aliphatic rings. The van der Waals surface area contributed by atoms with Crippen molar-refractivity contribution in [3.8, 4) is 11.1 Å². The molecule has 3 radical (unpaired) electrons. The summed E-state index contributed by atoms with van der Waals surface area (Å²) in [6.45, 7) is 11.1. The minimum absolute atomic E-state index is 0.826. The van der Waals surface area contributed by atoms with Crippen LogP contribution >= 0.6 is 17.0 Å². The number of hydrogen-bond acceptors (Lipinski definition) is 0. The SMILES string of the molecule is C[Si].Cc1cc2c(-c3ccccc3)cccc2[cH-]1.Cc1cc2ccccc2[cH-]1.[CH2-]C.[Cl][Zr][Cl]. The third-order valence-corrected chi connectivity index (χ3v) is 4.74. The minimum atomic E-state index is -0.826. The number of rotatable bonds is 1. The number of aryl methyl sites for hydroxylation is 2. The summed E-state index contributed by atoms with van der Waals surface area (Å²) in [5.41, 5.74) is 5.30. The average Bonchev–Trinajstić information content (AvgIpc) is 3.43. The van der Waals surface area contributed by atoms with E-state index in [-0.39, 0.29) is 0 Å². The van der Waals surface area contributed by atoms with E-state index in [1.54, 1.807) is 13.5 Å². The van der Waals surface area contributed by atoms with Crippen LogP contribution in [0.3, 0.4) is 0 Å². The molecule has 5 aromatic rings. The van der Waals surface area contributed by atoms with Crippen LogP contribution < -0.4 is 0 Å².